The number of aromatic nitrogens is 4. The third-order valence-corrected chi connectivity index (χ3v) is 3.84. The molecule has 0 saturated heterocycles. The monoisotopic (exact) mass is 368 g/mol. The van der Waals surface area contributed by atoms with E-state index in [4.69, 9.17) is 20.9 Å². The van der Waals surface area contributed by atoms with E-state index in [1.807, 2.05) is 0 Å². The van der Waals surface area contributed by atoms with E-state index in [1.165, 1.54) is 10.9 Å². The number of ether oxygens (including phenoxy) is 2. The van der Waals surface area contributed by atoms with E-state index in [9.17, 15) is 14.7 Å². The van der Waals surface area contributed by atoms with E-state index >= 15 is 0 Å². The van der Waals surface area contributed by atoms with Gasteiger partial charge in [0.15, 0.2) is 11.2 Å². The van der Waals surface area contributed by atoms with Crippen LogP contribution in [0.2, 0.25) is 0 Å². The van der Waals surface area contributed by atoms with Crippen LogP contribution in [0.25, 0.3) is 11.2 Å². The molecule has 0 aliphatic heterocycles. The van der Waals surface area contributed by atoms with Crippen molar-refractivity contribution in [3.05, 3.63) is 16.7 Å². The van der Waals surface area contributed by atoms with Crippen molar-refractivity contribution in [3.63, 3.8) is 0 Å². The summed E-state index contributed by atoms with van der Waals surface area (Å²) in [7, 11) is 0. The number of imidazole rings is 1. The summed E-state index contributed by atoms with van der Waals surface area (Å²) in [5.74, 6) is -0.683. The molecule has 0 aliphatic carbocycles. The van der Waals surface area contributed by atoms with Crippen LogP contribution in [0, 0.1) is 5.92 Å². The lowest BCUT2D eigenvalue weighted by atomic mass is 10.1. The Balaban J connectivity index is 2.06. The van der Waals surface area contributed by atoms with Crippen molar-refractivity contribution in [3.8, 4) is 0 Å². The SMILES string of the molecule is CC(C)[C@H](N)C(=O)OCC(CO)OC(C)n1cnc2c(=O)[nH]c(N)nc21. The quantitative estimate of drug-likeness (QED) is 0.432. The number of fused-ring (bicyclic) bond motifs is 1. The van der Waals surface area contributed by atoms with E-state index in [2.05, 4.69) is 15.0 Å². The minimum absolute atomic E-state index is 0.0493. The Morgan fingerprint density at radius 2 is 2.12 bits per heavy atom. The average molecular weight is 368 g/mol. The number of nitrogens with zero attached hydrogens (tertiary/aromatic N) is 3. The Morgan fingerprint density at radius 1 is 1.42 bits per heavy atom. The van der Waals surface area contributed by atoms with E-state index in [1.54, 1.807) is 20.8 Å². The number of anilines is 1. The van der Waals surface area contributed by atoms with Crippen LogP contribution in [0.4, 0.5) is 5.95 Å². The zero-order valence-corrected chi connectivity index (χ0v) is 14.9. The van der Waals surface area contributed by atoms with Gasteiger partial charge in [0.2, 0.25) is 5.95 Å². The van der Waals surface area contributed by atoms with Crippen LogP contribution < -0.4 is 17.0 Å². The molecule has 11 heteroatoms. The largest absolute Gasteiger partial charge is 0.462 e. The van der Waals surface area contributed by atoms with Crippen molar-refractivity contribution < 1.29 is 19.4 Å². The fourth-order valence-corrected chi connectivity index (χ4v) is 2.23. The number of nitrogens with one attached hydrogen (secondary N) is 1. The molecule has 3 atom stereocenters. The van der Waals surface area contributed by atoms with Gasteiger partial charge >= 0.3 is 5.97 Å². The topological polar surface area (TPSA) is 171 Å². The first kappa shape index (κ1) is 19.8. The molecular weight excluding hydrogens is 344 g/mol. The second-order valence-corrected chi connectivity index (χ2v) is 6.22. The zero-order valence-electron chi connectivity index (χ0n) is 14.9. The summed E-state index contributed by atoms with van der Waals surface area (Å²) >= 11 is 0. The first-order chi connectivity index (χ1) is 12.2. The Morgan fingerprint density at radius 3 is 2.73 bits per heavy atom. The van der Waals surface area contributed by atoms with Gasteiger partial charge in [0.05, 0.1) is 12.9 Å². The van der Waals surface area contributed by atoms with Crippen molar-refractivity contribution in [2.24, 2.45) is 11.7 Å². The number of hydrogen-bond donors (Lipinski definition) is 4. The molecule has 0 radical (unpaired) electrons. The normalized spacial score (nSPS) is 15.2. The average Bonchev–Trinajstić information content (AvgIpc) is 3.01. The highest BCUT2D eigenvalue weighted by atomic mass is 16.6. The predicted molar refractivity (Wildman–Crippen MR) is 93.0 cm³/mol. The number of aromatic amines is 1. The van der Waals surface area contributed by atoms with Crippen LogP contribution in [0.5, 0.6) is 0 Å². The van der Waals surface area contributed by atoms with Crippen LogP contribution in [-0.4, -0.2) is 56.0 Å². The van der Waals surface area contributed by atoms with Gasteiger partial charge < -0.3 is 26.0 Å². The highest BCUT2D eigenvalue weighted by molar-refractivity contribution is 5.75. The van der Waals surface area contributed by atoms with Crippen molar-refractivity contribution >= 4 is 23.1 Å². The smallest absolute Gasteiger partial charge is 0.323 e. The van der Waals surface area contributed by atoms with Gasteiger partial charge in [-0.05, 0) is 12.8 Å². The lowest BCUT2D eigenvalue weighted by Gasteiger charge is -2.23. The van der Waals surface area contributed by atoms with Gasteiger partial charge in [0.25, 0.3) is 5.56 Å². The van der Waals surface area contributed by atoms with Crippen molar-refractivity contribution in [2.75, 3.05) is 18.9 Å². The predicted octanol–water partition coefficient (Wildman–Crippen LogP) is -0.876. The van der Waals surface area contributed by atoms with Crippen LogP contribution in [0.3, 0.4) is 0 Å². The van der Waals surface area contributed by atoms with E-state index in [0.717, 1.165) is 0 Å². The van der Waals surface area contributed by atoms with Gasteiger partial charge in [-0.25, -0.2) is 4.98 Å². The molecule has 0 aliphatic rings. The minimum atomic E-state index is -0.787. The van der Waals surface area contributed by atoms with E-state index in [-0.39, 0.29) is 36.2 Å². The third kappa shape index (κ3) is 4.36. The lowest BCUT2D eigenvalue weighted by Crippen LogP contribution is -2.39. The fourth-order valence-electron chi connectivity index (χ4n) is 2.23. The summed E-state index contributed by atoms with van der Waals surface area (Å²) in [5.41, 5.74) is 11.2. The van der Waals surface area contributed by atoms with Gasteiger partial charge in [0.1, 0.15) is 25.0 Å². The van der Waals surface area contributed by atoms with Crippen LogP contribution in [-0.2, 0) is 14.3 Å². The highest BCUT2D eigenvalue weighted by Crippen LogP contribution is 2.17. The Kier molecular flexibility index (Phi) is 6.29. The summed E-state index contributed by atoms with van der Waals surface area (Å²) in [4.78, 5) is 34.0. The Labute approximate surface area is 149 Å². The molecule has 6 N–H and O–H groups in total. The fraction of sp³-hybridized carbons (Fsp3) is 0.600. The number of esters is 1. The number of nitrogen functional groups attached to an aromatic ring is 1. The highest BCUT2D eigenvalue weighted by Gasteiger charge is 2.22. The Bertz CT molecular complexity index is 816. The summed E-state index contributed by atoms with van der Waals surface area (Å²) in [6.07, 6.45) is -0.0556. The van der Waals surface area contributed by atoms with Gasteiger partial charge in [-0.2, -0.15) is 4.98 Å². The van der Waals surface area contributed by atoms with E-state index < -0.39 is 29.9 Å². The summed E-state index contributed by atoms with van der Waals surface area (Å²) in [5, 5.41) is 9.47. The molecule has 0 aromatic carbocycles. The molecule has 0 bridgehead atoms. The maximum atomic E-state index is 11.8. The molecule has 2 unspecified atom stereocenters. The molecule has 144 valence electrons. The number of carbonyl (C=O) groups is 1. The Hall–Kier alpha value is -2.50. The van der Waals surface area contributed by atoms with E-state index in [0.29, 0.717) is 0 Å². The van der Waals surface area contributed by atoms with Crippen molar-refractivity contribution in [1.82, 2.24) is 19.5 Å². The maximum absolute atomic E-state index is 11.8. The first-order valence-corrected chi connectivity index (χ1v) is 8.15. The number of rotatable bonds is 8. The zero-order chi connectivity index (χ0) is 19.4. The van der Waals surface area contributed by atoms with Crippen LogP contribution in [0.15, 0.2) is 11.1 Å². The molecule has 0 spiro atoms. The standard InChI is InChI=1S/C15H24N6O5/c1-7(2)10(16)14(24)25-5-9(4-22)26-8(3)21-6-18-11-12(21)19-15(17)20-13(11)23/h6-10,22H,4-5,16H2,1-3H3,(H3,17,19,20,23)/t8?,9?,10-/m0/s1. The lowest BCUT2D eigenvalue weighted by molar-refractivity contribution is -0.155. The number of nitrogens with two attached hydrogens (primary N) is 2. The molecule has 2 rings (SSSR count). The molecule has 0 saturated carbocycles. The number of H-pyrrole nitrogens is 1. The molecule has 2 aromatic rings. The second kappa shape index (κ2) is 8.25. The molecule has 2 aromatic heterocycles. The molecular formula is C15H24N6O5. The van der Waals surface area contributed by atoms with Crippen molar-refractivity contribution in [2.45, 2.75) is 39.1 Å². The maximum Gasteiger partial charge on any atom is 0.323 e. The second-order valence-electron chi connectivity index (χ2n) is 6.22. The number of aliphatic hydroxyl groups is 1. The number of hydrogen-bond acceptors (Lipinski definition) is 9. The van der Waals surface area contributed by atoms with Gasteiger partial charge in [0, 0.05) is 0 Å². The first-order valence-electron chi connectivity index (χ1n) is 8.15. The summed E-state index contributed by atoms with van der Waals surface area (Å²) in [6.45, 7) is 4.74. The van der Waals surface area contributed by atoms with Gasteiger partial charge in [-0.3, -0.25) is 19.1 Å². The molecule has 2 heterocycles. The minimum Gasteiger partial charge on any atom is -0.462 e. The summed E-state index contributed by atoms with van der Waals surface area (Å²) < 4.78 is 12.3. The number of carbonyl (C=O) groups excluding carboxylic acids is 1. The van der Waals surface area contributed by atoms with Crippen molar-refractivity contribution in [1.29, 1.82) is 0 Å². The molecule has 26 heavy (non-hydrogen) atoms. The molecule has 0 amide bonds. The number of aliphatic hydroxyl groups excluding tert-OH is 1. The van der Waals surface area contributed by atoms with Crippen LogP contribution >= 0.6 is 0 Å². The van der Waals surface area contributed by atoms with Crippen LogP contribution in [0.1, 0.15) is 27.0 Å². The molecule has 11 nitrogen and oxygen atoms in total. The van der Waals surface area contributed by atoms with Gasteiger partial charge in [-0.15, -0.1) is 0 Å². The molecule has 0 fully saturated rings. The van der Waals surface area contributed by atoms with Gasteiger partial charge in [-0.1, -0.05) is 13.8 Å². The summed E-state index contributed by atoms with van der Waals surface area (Å²) in [6, 6.07) is -0.747. The third-order valence-electron chi connectivity index (χ3n) is 3.84.